The first-order valence-corrected chi connectivity index (χ1v) is 5.03. The highest BCUT2D eigenvalue weighted by atomic mass is 19.4. The number of alkyl halides is 3. The molecular weight excluding hydrogens is 238 g/mol. The minimum atomic E-state index is -4.30. The van der Waals surface area contributed by atoms with Crippen LogP contribution in [0, 0.1) is 12.7 Å². The number of nitrogens with one attached hydrogen (secondary N) is 1. The summed E-state index contributed by atoms with van der Waals surface area (Å²) in [5.74, 6) is -0.316. The Morgan fingerprint density at radius 2 is 2.00 bits per heavy atom. The Kier molecular flexibility index (Phi) is 4.74. The number of halogens is 4. The average Bonchev–Trinajstić information content (AvgIpc) is 2.21. The lowest BCUT2D eigenvalue weighted by molar-refractivity contribution is -0.172. The van der Waals surface area contributed by atoms with Crippen LogP contribution in [0.5, 0.6) is 0 Å². The number of hydrogen-bond acceptors (Lipinski definition) is 2. The summed E-state index contributed by atoms with van der Waals surface area (Å²) < 4.78 is 52.5. The second-order valence-electron chi connectivity index (χ2n) is 3.56. The van der Waals surface area contributed by atoms with E-state index in [0.29, 0.717) is 11.3 Å². The quantitative estimate of drug-likeness (QED) is 0.641. The fraction of sp³-hybridized carbons (Fsp3) is 0.455. The van der Waals surface area contributed by atoms with Crippen molar-refractivity contribution in [2.75, 3.05) is 25.1 Å². The van der Waals surface area contributed by atoms with E-state index in [0.717, 1.165) is 0 Å². The van der Waals surface area contributed by atoms with Crippen LogP contribution in [0.1, 0.15) is 5.56 Å². The van der Waals surface area contributed by atoms with Gasteiger partial charge in [0.15, 0.2) is 0 Å². The molecule has 0 bridgehead atoms. The van der Waals surface area contributed by atoms with Crippen molar-refractivity contribution in [2.24, 2.45) is 0 Å². The maximum Gasteiger partial charge on any atom is 0.411 e. The fourth-order valence-corrected chi connectivity index (χ4v) is 1.21. The van der Waals surface area contributed by atoms with Crippen LogP contribution in [0.15, 0.2) is 18.2 Å². The molecule has 0 saturated carbocycles. The summed E-state index contributed by atoms with van der Waals surface area (Å²) in [6.07, 6.45) is -4.30. The number of ether oxygens (including phenoxy) is 1. The van der Waals surface area contributed by atoms with E-state index >= 15 is 0 Å². The van der Waals surface area contributed by atoms with Gasteiger partial charge < -0.3 is 10.1 Å². The van der Waals surface area contributed by atoms with Gasteiger partial charge in [0.1, 0.15) is 12.4 Å². The second-order valence-corrected chi connectivity index (χ2v) is 3.56. The third-order valence-corrected chi connectivity index (χ3v) is 2.00. The Bertz CT molecular complexity index is 365. The molecule has 0 unspecified atom stereocenters. The van der Waals surface area contributed by atoms with Crippen LogP contribution < -0.4 is 5.32 Å². The molecule has 0 radical (unpaired) electrons. The normalized spacial score (nSPS) is 11.6. The van der Waals surface area contributed by atoms with Crippen LogP contribution in [0.2, 0.25) is 0 Å². The Morgan fingerprint density at radius 1 is 1.29 bits per heavy atom. The molecule has 0 amide bonds. The lowest BCUT2D eigenvalue weighted by Gasteiger charge is -2.09. The number of anilines is 1. The summed E-state index contributed by atoms with van der Waals surface area (Å²) in [6.45, 7) is 0.537. The zero-order valence-electron chi connectivity index (χ0n) is 9.27. The molecule has 0 heterocycles. The molecule has 6 heteroatoms. The first-order chi connectivity index (χ1) is 7.88. The molecule has 0 aliphatic heterocycles. The van der Waals surface area contributed by atoms with E-state index in [1.807, 2.05) is 0 Å². The Morgan fingerprint density at radius 3 is 2.59 bits per heavy atom. The van der Waals surface area contributed by atoms with Crippen molar-refractivity contribution in [1.82, 2.24) is 0 Å². The zero-order chi connectivity index (χ0) is 12.9. The van der Waals surface area contributed by atoms with E-state index in [9.17, 15) is 17.6 Å². The molecule has 0 atom stereocenters. The van der Waals surface area contributed by atoms with Gasteiger partial charge in [-0.1, -0.05) is 0 Å². The van der Waals surface area contributed by atoms with Gasteiger partial charge in [0.25, 0.3) is 0 Å². The van der Waals surface area contributed by atoms with Crippen molar-refractivity contribution in [3.63, 3.8) is 0 Å². The summed E-state index contributed by atoms with van der Waals surface area (Å²) >= 11 is 0. The summed E-state index contributed by atoms with van der Waals surface area (Å²) in [7, 11) is 0. The molecule has 0 aromatic heterocycles. The average molecular weight is 251 g/mol. The highest BCUT2D eigenvalue weighted by Gasteiger charge is 2.27. The maximum atomic E-state index is 12.9. The Labute approximate surface area is 96.6 Å². The van der Waals surface area contributed by atoms with Gasteiger partial charge in [-0.2, -0.15) is 13.2 Å². The smallest absolute Gasteiger partial charge is 0.383 e. The number of benzene rings is 1. The van der Waals surface area contributed by atoms with Gasteiger partial charge in [-0.25, -0.2) is 4.39 Å². The van der Waals surface area contributed by atoms with Crippen molar-refractivity contribution in [1.29, 1.82) is 0 Å². The summed E-state index contributed by atoms with van der Waals surface area (Å²) in [4.78, 5) is 0. The third-order valence-electron chi connectivity index (χ3n) is 2.00. The van der Waals surface area contributed by atoms with Gasteiger partial charge in [0.2, 0.25) is 0 Å². The zero-order valence-corrected chi connectivity index (χ0v) is 9.27. The second kappa shape index (κ2) is 5.86. The molecular formula is C11H13F4NO. The topological polar surface area (TPSA) is 21.3 Å². The molecule has 1 aromatic rings. The maximum absolute atomic E-state index is 12.9. The van der Waals surface area contributed by atoms with E-state index in [2.05, 4.69) is 10.1 Å². The predicted molar refractivity (Wildman–Crippen MR) is 56.5 cm³/mol. The van der Waals surface area contributed by atoms with Crippen LogP contribution in [0.4, 0.5) is 23.2 Å². The highest BCUT2D eigenvalue weighted by molar-refractivity contribution is 5.45. The lowest BCUT2D eigenvalue weighted by atomic mass is 10.2. The van der Waals surface area contributed by atoms with Crippen molar-refractivity contribution < 1.29 is 22.3 Å². The van der Waals surface area contributed by atoms with E-state index in [1.54, 1.807) is 13.0 Å². The van der Waals surface area contributed by atoms with Gasteiger partial charge in [-0.3, -0.25) is 0 Å². The van der Waals surface area contributed by atoms with Crippen LogP contribution >= 0.6 is 0 Å². The summed E-state index contributed by atoms with van der Waals surface area (Å²) in [6, 6.07) is 4.40. The molecule has 2 nitrogen and oxygen atoms in total. The molecule has 0 saturated heterocycles. The van der Waals surface area contributed by atoms with Crippen LogP contribution in [-0.2, 0) is 4.74 Å². The van der Waals surface area contributed by atoms with E-state index in [4.69, 9.17) is 0 Å². The lowest BCUT2D eigenvalue weighted by Crippen LogP contribution is -2.20. The fourth-order valence-electron chi connectivity index (χ4n) is 1.21. The van der Waals surface area contributed by atoms with Crippen molar-refractivity contribution in [3.05, 3.63) is 29.6 Å². The molecule has 1 N–H and O–H groups in total. The van der Waals surface area contributed by atoms with Crippen LogP contribution in [-0.4, -0.2) is 25.9 Å². The van der Waals surface area contributed by atoms with Crippen LogP contribution in [0.3, 0.4) is 0 Å². The molecule has 0 aliphatic rings. The van der Waals surface area contributed by atoms with Crippen molar-refractivity contribution in [3.8, 4) is 0 Å². The SMILES string of the molecule is Cc1cc(NCCOCC(F)(F)F)ccc1F. The molecule has 96 valence electrons. The summed E-state index contributed by atoms with van der Waals surface area (Å²) in [5.41, 5.74) is 1.13. The molecule has 0 spiro atoms. The monoisotopic (exact) mass is 251 g/mol. The number of aryl methyl sites for hydroxylation is 1. The standard InChI is InChI=1S/C11H13F4NO/c1-8-6-9(2-3-10(8)12)16-4-5-17-7-11(13,14)15/h2-3,6,16H,4-5,7H2,1H3. The number of rotatable bonds is 5. The first-order valence-electron chi connectivity index (χ1n) is 5.03. The third kappa shape index (κ3) is 5.53. The van der Waals surface area contributed by atoms with Crippen molar-refractivity contribution in [2.45, 2.75) is 13.1 Å². The largest absolute Gasteiger partial charge is 0.411 e. The van der Waals surface area contributed by atoms with Gasteiger partial charge in [-0.15, -0.1) is 0 Å². The van der Waals surface area contributed by atoms with Gasteiger partial charge in [0, 0.05) is 12.2 Å². The molecule has 1 aromatic carbocycles. The Balaban J connectivity index is 2.25. The first kappa shape index (κ1) is 13.8. The van der Waals surface area contributed by atoms with Gasteiger partial charge >= 0.3 is 6.18 Å². The van der Waals surface area contributed by atoms with E-state index in [-0.39, 0.29) is 19.0 Å². The van der Waals surface area contributed by atoms with Crippen molar-refractivity contribution >= 4 is 5.69 Å². The Hall–Kier alpha value is -1.30. The minimum Gasteiger partial charge on any atom is -0.383 e. The highest BCUT2D eigenvalue weighted by Crippen LogP contribution is 2.15. The summed E-state index contributed by atoms with van der Waals surface area (Å²) in [5, 5.41) is 2.84. The van der Waals surface area contributed by atoms with E-state index in [1.165, 1.54) is 12.1 Å². The minimum absolute atomic E-state index is 0.0596. The van der Waals surface area contributed by atoms with Gasteiger partial charge in [-0.05, 0) is 30.7 Å². The van der Waals surface area contributed by atoms with E-state index < -0.39 is 12.8 Å². The molecule has 1 rings (SSSR count). The molecule has 17 heavy (non-hydrogen) atoms. The number of hydrogen-bond donors (Lipinski definition) is 1. The predicted octanol–water partition coefficient (Wildman–Crippen LogP) is 3.12. The molecule has 0 aliphatic carbocycles. The molecule has 0 fully saturated rings. The van der Waals surface area contributed by atoms with Crippen LogP contribution in [0.25, 0.3) is 0 Å². The van der Waals surface area contributed by atoms with Gasteiger partial charge in [0.05, 0.1) is 6.61 Å².